The van der Waals surface area contributed by atoms with Gasteiger partial charge in [-0.2, -0.15) is 5.26 Å². The molecule has 0 aromatic heterocycles. The molecule has 1 N–H and O–H groups in total. The Morgan fingerprint density at radius 3 is 2.64 bits per heavy atom. The number of benzene rings is 2. The van der Waals surface area contributed by atoms with Crippen LogP contribution in [-0.2, 0) is 4.79 Å². The predicted molar refractivity (Wildman–Crippen MR) is 88.6 cm³/mol. The number of nitrogens with zero attached hydrogens (tertiary/aromatic N) is 2. The Morgan fingerprint density at radius 1 is 1.09 bits per heavy atom. The van der Waals surface area contributed by atoms with E-state index in [0.29, 0.717) is 10.1 Å². The lowest BCUT2D eigenvalue weighted by atomic mass is 10.0. The summed E-state index contributed by atoms with van der Waals surface area (Å²) in [7, 11) is 0. The first-order valence-corrected chi connectivity index (χ1v) is 7.41. The van der Waals surface area contributed by atoms with E-state index in [1.807, 2.05) is 54.6 Å². The number of nitriles is 1. The van der Waals surface area contributed by atoms with E-state index in [-0.39, 0.29) is 5.91 Å². The maximum Gasteiger partial charge on any atom is 0.264 e. The lowest BCUT2D eigenvalue weighted by Gasteiger charge is -2.03. The van der Waals surface area contributed by atoms with Crippen molar-refractivity contribution in [2.45, 2.75) is 0 Å². The summed E-state index contributed by atoms with van der Waals surface area (Å²) in [5, 5.41) is 11.4. The molecule has 4 nitrogen and oxygen atoms in total. The highest BCUT2D eigenvalue weighted by Gasteiger charge is 2.23. The summed E-state index contributed by atoms with van der Waals surface area (Å²) in [6.45, 7) is 0. The van der Waals surface area contributed by atoms with Gasteiger partial charge in [-0.25, -0.2) is 0 Å². The number of carbonyl (C=O) groups is 1. The van der Waals surface area contributed by atoms with E-state index < -0.39 is 0 Å². The average Bonchev–Trinajstić information content (AvgIpc) is 2.88. The van der Waals surface area contributed by atoms with Gasteiger partial charge < -0.3 is 0 Å². The third-order valence-electron chi connectivity index (χ3n) is 3.09. The fraction of sp³-hybridized carbons (Fsp3) is 0. The van der Waals surface area contributed by atoms with Crippen LogP contribution in [0.5, 0.6) is 0 Å². The van der Waals surface area contributed by atoms with Gasteiger partial charge in [0.15, 0.2) is 5.17 Å². The quantitative estimate of drug-likeness (QED) is 0.683. The molecule has 0 unspecified atom stereocenters. The van der Waals surface area contributed by atoms with Gasteiger partial charge in [0.25, 0.3) is 5.91 Å². The van der Waals surface area contributed by atoms with E-state index in [1.54, 1.807) is 12.3 Å². The summed E-state index contributed by atoms with van der Waals surface area (Å²) < 4.78 is 0. The monoisotopic (exact) mass is 305 g/mol. The van der Waals surface area contributed by atoms with E-state index in [0.717, 1.165) is 16.7 Å². The lowest BCUT2D eigenvalue weighted by Crippen LogP contribution is -2.19. The first-order valence-electron chi connectivity index (χ1n) is 6.59. The molecule has 1 amide bonds. The zero-order chi connectivity index (χ0) is 15.4. The zero-order valence-corrected chi connectivity index (χ0v) is 12.3. The molecule has 5 heteroatoms. The predicted octanol–water partition coefficient (Wildman–Crippen LogP) is 3.39. The SMILES string of the molecule is N#CN=C1NC(=O)C(=Cc2cccc(-c3ccccc3)c2)S1. The number of thioether (sulfide) groups is 1. The van der Waals surface area contributed by atoms with Gasteiger partial charge in [0.2, 0.25) is 6.19 Å². The maximum atomic E-state index is 11.8. The van der Waals surface area contributed by atoms with Gasteiger partial charge >= 0.3 is 0 Å². The highest BCUT2D eigenvalue weighted by atomic mass is 32.2. The Hall–Kier alpha value is -2.84. The van der Waals surface area contributed by atoms with Crippen LogP contribution in [0.25, 0.3) is 17.2 Å². The van der Waals surface area contributed by atoms with Crippen molar-refractivity contribution in [2.75, 3.05) is 0 Å². The topological polar surface area (TPSA) is 65.2 Å². The smallest absolute Gasteiger partial charge is 0.264 e. The highest BCUT2D eigenvalue weighted by Crippen LogP contribution is 2.27. The summed E-state index contributed by atoms with van der Waals surface area (Å²) in [5.74, 6) is -0.232. The van der Waals surface area contributed by atoms with Crippen LogP contribution in [0.2, 0.25) is 0 Å². The molecule has 0 spiro atoms. The van der Waals surface area contributed by atoms with Crippen molar-refractivity contribution < 1.29 is 4.79 Å². The summed E-state index contributed by atoms with van der Waals surface area (Å²) in [4.78, 5) is 15.9. The first kappa shape index (κ1) is 14.1. The van der Waals surface area contributed by atoms with Gasteiger partial charge in [-0.15, -0.1) is 4.99 Å². The average molecular weight is 305 g/mol. The molecule has 1 aliphatic rings. The van der Waals surface area contributed by atoms with Crippen LogP contribution in [0, 0.1) is 11.5 Å². The Bertz CT molecular complexity index is 819. The molecule has 0 radical (unpaired) electrons. The second kappa shape index (κ2) is 6.29. The minimum atomic E-state index is -0.232. The Kier molecular flexibility index (Phi) is 4.03. The van der Waals surface area contributed by atoms with Crippen molar-refractivity contribution in [2.24, 2.45) is 4.99 Å². The number of rotatable bonds is 2. The van der Waals surface area contributed by atoms with Gasteiger partial charge in [0.1, 0.15) is 0 Å². The van der Waals surface area contributed by atoms with Crippen LogP contribution in [0.15, 0.2) is 64.5 Å². The normalized spacial score (nSPS) is 17.5. The van der Waals surface area contributed by atoms with Crippen molar-refractivity contribution in [3.8, 4) is 17.3 Å². The third-order valence-corrected chi connectivity index (χ3v) is 4.00. The van der Waals surface area contributed by atoms with Crippen molar-refractivity contribution in [3.05, 3.63) is 65.1 Å². The Balaban J connectivity index is 1.91. The van der Waals surface area contributed by atoms with Crippen LogP contribution in [-0.4, -0.2) is 11.1 Å². The van der Waals surface area contributed by atoms with Crippen molar-refractivity contribution in [1.82, 2.24) is 5.32 Å². The maximum absolute atomic E-state index is 11.8. The molecule has 0 aliphatic carbocycles. The second-order valence-electron chi connectivity index (χ2n) is 4.57. The van der Waals surface area contributed by atoms with Gasteiger partial charge in [-0.1, -0.05) is 48.5 Å². The van der Waals surface area contributed by atoms with Crippen molar-refractivity contribution in [3.63, 3.8) is 0 Å². The largest absolute Gasteiger partial charge is 0.300 e. The number of hydrogen-bond acceptors (Lipinski definition) is 4. The molecule has 0 atom stereocenters. The Morgan fingerprint density at radius 2 is 1.86 bits per heavy atom. The third kappa shape index (κ3) is 3.08. The van der Waals surface area contributed by atoms with E-state index in [4.69, 9.17) is 5.26 Å². The number of carbonyl (C=O) groups excluding carboxylic acids is 1. The van der Waals surface area contributed by atoms with Crippen LogP contribution in [0.4, 0.5) is 0 Å². The summed E-state index contributed by atoms with van der Waals surface area (Å²) in [5.41, 5.74) is 3.14. The van der Waals surface area contributed by atoms with Crippen LogP contribution < -0.4 is 5.32 Å². The molecule has 2 aromatic carbocycles. The van der Waals surface area contributed by atoms with Crippen LogP contribution in [0.1, 0.15) is 5.56 Å². The summed E-state index contributed by atoms with van der Waals surface area (Å²) in [6.07, 6.45) is 3.47. The number of amides is 1. The molecular formula is C17H11N3OS. The summed E-state index contributed by atoms with van der Waals surface area (Å²) in [6, 6.07) is 18.0. The standard InChI is InChI=1S/C17H11N3OS/c18-11-19-17-20-16(21)15(22-17)10-12-5-4-8-14(9-12)13-6-2-1-3-7-13/h1-10H,(H,19,20,21). The molecule has 22 heavy (non-hydrogen) atoms. The molecule has 0 saturated carbocycles. The van der Waals surface area contributed by atoms with Crippen LogP contribution >= 0.6 is 11.8 Å². The molecule has 1 fully saturated rings. The molecule has 3 rings (SSSR count). The minimum Gasteiger partial charge on any atom is -0.300 e. The second-order valence-corrected chi connectivity index (χ2v) is 5.60. The van der Waals surface area contributed by atoms with Gasteiger partial charge in [0, 0.05) is 0 Å². The molecule has 1 heterocycles. The number of nitrogens with one attached hydrogen (secondary N) is 1. The van der Waals surface area contributed by atoms with E-state index in [2.05, 4.69) is 10.3 Å². The van der Waals surface area contributed by atoms with E-state index >= 15 is 0 Å². The number of hydrogen-bond donors (Lipinski definition) is 1. The minimum absolute atomic E-state index is 0.232. The number of amidine groups is 1. The first-order chi connectivity index (χ1) is 10.8. The zero-order valence-electron chi connectivity index (χ0n) is 11.5. The lowest BCUT2D eigenvalue weighted by molar-refractivity contribution is -0.115. The van der Waals surface area contributed by atoms with E-state index in [1.165, 1.54) is 11.8 Å². The van der Waals surface area contributed by atoms with Gasteiger partial charge in [0.05, 0.1) is 4.91 Å². The molecule has 0 bridgehead atoms. The fourth-order valence-corrected chi connectivity index (χ4v) is 2.89. The van der Waals surface area contributed by atoms with Crippen LogP contribution in [0.3, 0.4) is 0 Å². The molecule has 1 aliphatic heterocycles. The molecule has 2 aromatic rings. The van der Waals surface area contributed by atoms with Gasteiger partial charge in [-0.3, -0.25) is 10.1 Å². The highest BCUT2D eigenvalue weighted by molar-refractivity contribution is 8.18. The summed E-state index contributed by atoms with van der Waals surface area (Å²) >= 11 is 1.17. The Labute approximate surface area is 132 Å². The molecular weight excluding hydrogens is 294 g/mol. The van der Waals surface area contributed by atoms with Crippen molar-refractivity contribution >= 4 is 28.9 Å². The van der Waals surface area contributed by atoms with E-state index in [9.17, 15) is 4.79 Å². The fourth-order valence-electron chi connectivity index (χ4n) is 2.12. The van der Waals surface area contributed by atoms with Crippen molar-refractivity contribution in [1.29, 1.82) is 5.26 Å². The number of aliphatic imine (C=N–C) groups is 1. The van der Waals surface area contributed by atoms with Gasteiger partial charge in [-0.05, 0) is 40.6 Å². The molecule has 1 saturated heterocycles. The molecule has 106 valence electrons.